The Hall–Kier alpha value is -1.15. The second kappa shape index (κ2) is 3.71. The van der Waals surface area contributed by atoms with Gasteiger partial charge in [-0.1, -0.05) is 24.8 Å². The van der Waals surface area contributed by atoms with E-state index in [-0.39, 0.29) is 0 Å². The predicted molar refractivity (Wildman–Crippen MR) is 55.1 cm³/mol. The van der Waals surface area contributed by atoms with E-state index in [9.17, 15) is 0 Å². The van der Waals surface area contributed by atoms with Crippen molar-refractivity contribution in [1.82, 2.24) is 4.90 Å². The fourth-order valence-electron chi connectivity index (χ4n) is 1.06. The summed E-state index contributed by atoms with van der Waals surface area (Å²) in [6, 6.07) is 0. The first-order valence-electron chi connectivity index (χ1n) is 3.81. The van der Waals surface area contributed by atoms with E-state index >= 15 is 0 Å². The Morgan fingerprint density at radius 2 is 2.23 bits per heavy atom. The average Bonchev–Trinajstić information content (AvgIpc) is 2.12. The highest BCUT2D eigenvalue weighted by Gasteiger charge is 2.17. The molecule has 1 aliphatic heterocycles. The van der Waals surface area contributed by atoms with Crippen LogP contribution in [0.1, 0.15) is 0 Å². The molecule has 13 heavy (non-hydrogen) atoms. The first kappa shape index (κ1) is 9.93. The van der Waals surface area contributed by atoms with Crippen LogP contribution in [0.25, 0.3) is 0 Å². The molecular weight excluding hydrogens is 186 g/mol. The van der Waals surface area contributed by atoms with Crippen LogP contribution in [0.15, 0.2) is 47.5 Å². The maximum absolute atomic E-state index is 5.98. The summed E-state index contributed by atoms with van der Waals surface area (Å²) < 4.78 is 5.02. The molecule has 0 aromatic carbocycles. The Balaban J connectivity index is 3.09. The van der Waals surface area contributed by atoms with Crippen LogP contribution in [0.3, 0.4) is 0 Å². The summed E-state index contributed by atoms with van der Waals surface area (Å²) in [6.45, 7) is 7.63. The molecule has 70 valence electrons. The number of hydrogen-bond acceptors (Lipinski definition) is 2. The van der Waals surface area contributed by atoms with Crippen LogP contribution in [0.5, 0.6) is 0 Å². The minimum absolute atomic E-state index is 0.534. The van der Waals surface area contributed by atoms with Crippen molar-refractivity contribution in [3.63, 3.8) is 0 Å². The fourth-order valence-corrected chi connectivity index (χ4v) is 1.33. The summed E-state index contributed by atoms with van der Waals surface area (Å²) in [4.78, 5) is 1.87. The van der Waals surface area contributed by atoms with Gasteiger partial charge in [0.05, 0.1) is 17.7 Å². The van der Waals surface area contributed by atoms with Crippen LogP contribution in [0.2, 0.25) is 0 Å². The van der Waals surface area contributed by atoms with Gasteiger partial charge in [0.25, 0.3) is 0 Å². The maximum Gasteiger partial charge on any atom is 0.122 e. The number of hydrogen-bond donors (Lipinski definition) is 0. The lowest BCUT2D eigenvalue weighted by molar-refractivity contribution is 0.300. The Bertz CT molecular complexity index is 315. The van der Waals surface area contributed by atoms with Gasteiger partial charge >= 0.3 is 0 Å². The number of ether oxygens (including phenoxy) is 1. The zero-order valence-electron chi connectivity index (χ0n) is 7.80. The van der Waals surface area contributed by atoms with Crippen molar-refractivity contribution in [1.29, 1.82) is 0 Å². The Morgan fingerprint density at radius 1 is 1.62 bits per heavy atom. The highest BCUT2D eigenvalue weighted by Crippen LogP contribution is 2.30. The van der Waals surface area contributed by atoms with E-state index in [1.807, 2.05) is 18.1 Å². The van der Waals surface area contributed by atoms with E-state index in [2.05, 4.69) is 13.2 Å². The molecule has 0 spiro atoms. The minimum Gasteiger partial charge on any atom is -0.497 e. The zero-order chi connectivity index (χ0) is 10.0. The normalized spacial score (nSPS) is 16.5. The van der Waals surface area contributed by atoms with Gasteiger partial charge in [-0.2, -0.15) is 0 Å². The molecule has 1 aliphatic rings. The van der Waals surface area contributed by atoms with Crippen LogP contribution in [-0.4, -0.2) is 19.1 Å². The lowest BCUT2D eigenvalue weighted by Gasteiger charge is -2.24. The van der Waals surface area contributed by atoms with Crippen LogP contribution in [-0.2, 0) is 4.74 Å². The van der Waals surface area contributed by atoms with Crippen LogP contribution in [0.4, 0.5) is 0 Å². The van der Waals surface area contributed by atoms with E-state index in [4.69, 9.17) is 16.3 Å². The third kappa shape index (κ3) is 1.78. The summed E-state index contributed by atoms with van der Waals surface area (Å²) in [5.41, 5.74) is 1.55. The van der Waals surface area contributed by atoms with E-state index in [0.29, 0.717) is 10.8 Å². The standard InChI is InChI=1S/C10H12ClNO/c1-7-10(8(2)13-4)9(11)5-6-12(7)3/h5-6H,1-2H2,3-4H3. The second-order valence-electron chi connectivity index (χ2n) is 2.72. The molecule has 2 nitrogen and oxygen atoms in total. The monoisotopic (exact) mass is 197 g/mol. The summed E-state index contributed by atoms with van der Waals surface area (Å²) >= 11 is 5.98. The van der Waals surface area contributed by atoms with Crippen LogP contribution >= 0.6 is 11.6 Å². The van der Waals surface area contributed by atoms with E-state index in [0.717, 1.165) is 11.3 Å². The molecule has 1 heterocycles. The Kier molecular flexibility index (Phi) is 2.83. The highest BCUT2D eigenvalue weighted by atomic mass is 35.5. The van der Waals surface area contributed by atoms with Crippen molar-refractivity contribution in [3.8, 4) is 0 Å². The number of allylic oxidation sites excluding steroid dienone is 2. The average molecular weight is 198 g/mol. The number of likely N-dealkylation sites (N-methyl/N-ethyl adjacent to an activating group) is 1. The third-order valence-electron chi connectivity index (χ3n) is 1.92. The van der Waals surface area contributed by atoms with E-state index in [1.54, 1.807) is 13.2 Å². The second-order valence-corrected chi connectivity index (χ2v) is 3.13. The molecule has 0 N–H and O–H groups in total. The molecule has 0 atom stereocenters. The molecule has 0 fully saturated rings. The number of rotatable bonds is 2. The molecule has 3 heteroatoms. The number of methoxy groups -OCH3 is 1. The maximum atomic E-state index is 5.98. The van der Waals surface area contributed by atoms with Crippen molar-refractivity contribution in [2.24, 2.45) is 0 Å². The van der Waals surface area contributed by atoms with Gasteiger partial charge in [-0.3, -0.25) is 0 Å². The molecular formula is C10H12ClNO. The lowest BCUT2D eigenvalue weighted by Crippen LogP contribution is -2.16. The molecule has 0 aliphatic carbocycles. The van der Waals surface area contributed by atoms with Gasteiger partial charge in [-0.15, -0.1) is 0 Å². The van der Waals surface area contributed by atoms with Crippen LogP contribution in [0, 0.1) is 0 Å². The van der Waals surface area contributed by atoms with Crippen molar-refractivity contribution in [3.05, 3.63) is 47.5 Å². The van der Waals surface area contributed by atoms with E-state index < -0.39 is 0 Å². The molecule has 0 bridgehead atoms. The molecule has 0 unspecified atom stereocenters. The number of halogens is 1. The molecule has 0 aromatic heterocycles. The molecule has 0 aromatic rings. The highest BCUT2D eigenvalue weighted by molar-refractivity contribution is 6.32. The van der Waals surface area contributed by atoms with Gasteiger partial charge in [0.2, 0.25) is 0 Å². The fraction of sp³-hybridized carbons (Fsp3) is 0.200. The van der Waals surface area contributed by atoms with E-state index in [1.165, 1.54) is 0 Å². The van der Waals surface area contributed by atoms with Crippen molar-refractivity contribution in [2.75, 3.05) is 14.2 Å². The molecule has 0 saturated carbocycles. The Labute approximate surface area is 83.4 Å². The molecule has 0 radical (unpaired) electrons. The Morgan fingerprint density at radius 3 is 2.77 bits per heavy atom. The summed E-state index contributed by atoms with van der Waals surface area (Å²) in [5.74, 6) is 0.534. The van der Waals surface area contributed by atoms with Crippen molar-refractivity contribution >= 4 is 11.6 Å². The van der Waals surface area contributed by atoms with Gasteiger partial charge in [-0.25, -0.2) is 0 Å². The van der Waals surface area contributed by atoms with Gasteiger partial charge in [0.15, 0.2) is 0 Å². The summed E-state index contributed by atoms with van der Waals surface area (Å²) in [6.07, 6.45) is 3.63. The summed E-state index contributed by atoms with van der Waals surface area (Å²) in [5, 5.41) is 0.606. The van der Waals surface area contributed by atoms with Gasteiger partial charge in [0.1, 0.15) is 5.76 Å². The zero-order valence-corrected chi connectivity index (χ0v) is 8.56. The molecule has 0 saturated heterocycles. The summed E-state index contributed by atoms with van der Waals surface area (Å²) in [7, 11) is 3.45. The van der Waals surface area contributed by atoms with Crippen molar-refractivity contribution in [2.45, 2.75) is 0 Å². The molecule has 1 rings (SSSR count). The van der Waals surface area contributed by atoms with Crippen molar-refractivity contribution < 1.29 is 4.74 Å². The van der Waals surface area contributed by atoms with Gasteiger partial charge in [-0.05, 0) is 6.08 Å². The minimum atomic E-state index is 0.534. The SMILES string of the molecule is C=C(OC)C1=C(Cl)C=CN(C)C1=C. The smallest absolute Gasteiger partial charge is 0.122 e. The van der Waals surface area contributed by atoms with Crippen LogP contribution < -0.4 is 0 Å². The quantitative estimate of drug-likeness (QED) is 0.631. The number of nitrogens with zero attached hydrogens (tertiary/aromatic N) is 1. The van der Waals surface area contributed by atoms with Gasteiger partial charge < -0.3 is 9.64 Å². The molecule has 0 amide bonds. The third-order valence-corrected chi connectivity index (χ3v) is 2.24. The topological polar surface area (TPSA) is 12.5 Å². The first-order valence-corrected chi connectivity index (χ1v) is 4.19. The largest absolute Gasteiger partial charge is 0.497 e. The lowest BCUT2D eigenvalue weighted by atomic mass is 10.1. The van der Waals surface area contributed by atoms with Gasteiger partial charge in [0, 0.05) is 18.9 Å². The predicted octanol–water partition coefficient (Wildman–Crippen LogP) is 2.61. The first-order chi connectivity index (χ1) is 6.07.